The molecule has 872 valence electrons. The van der Waals surface area contributed by atoms with Crippen LogP contribution in [0.1, 0.15) is 373 Å². The van der Waals surface area contributed by atoms with Crippen molar-refractivity contribution >= 4 is 46.0 Å². The van der Waals surface area contributed by atoms with Crippen LogP contribution >= 0.6 is 34.2 Å². The summed E-state index contributed by atoms with van der Waals surface area (Å²) in [6.07, 6.45) is 61.3. The van der Waals surface area contributed by atoms with Crippen LogP contribution in [-0.4, -0.2) is 168 Å². The van der Waals surface area contributed by atoms with Gasteiger partial charge in [-0.1, -0.05) is 313 Å². The maximum Gasteiger partial charge on any atom is 0.247 e. The third-order valence-corrected chi connectivity index (χ3v) is 13.9. The molecule has 0 spiro atoms. The lowest BCUT2D eigenvalue weighted by Gasteiger charge is -2.08. The number of carbonyl (C=O) groups is 2. The van der Waals surface area contributed by atoms with Gasteiger partial charge in [-0.05, 0) is 204 Å². The summed E-state index contributed by atoms with van der Waals surface area (Å²) in [5, 5.41) is 45.8. The number of thiazole rings is 1. The lowest BCUT2D eigenvalue weighted by atomic mass is 10.2. The standard InChI is InChI=1S/C5H9NO.C5H5NO.C5H11N.C5H5N.C5H10O.2C4H4N2.C4H7NO.C4H9N.C4H5N.C4H8O.C4H4O.C4H4S.2C3H4N2.2C3H3NO.2C3H3NS.C2H3N3.20C2H6/c2*7-5-3-1-2-4-6-5;3*1-2-4-6-5-3-1;1-2-5-4-6-3-1;1-2-4-6-5-3-1;6-4-2-1-3-5-4;5*1-2-4-5-3-1;1-2-5-3-4-1;1-2-4-5-3-1;1-2-5-3-4-1;1-2-4-5-3-1;1-2-5-3-4-1;2*1-2-4-5-3-1;20*1-2/h1-4H2,(H,6,7);1-4H,(H,6,7);6H,1-5H2;1-5H;1-5H2;2*1-4H;1-3H2,(H,5,6);5H,1-4H2;1-5H;1-4H2;2*1-4H;2*1-3H,(H,4,5);4*1-3H;1-2H,(H,3,4,5);20*1-2H3. The minimum absolute atomic E-state index is 0.0532. The van der Waals surface area contributed by atoms with Crippen LogP contribution in [0.5, 0.6) is 0 Å². The molecule has 6 fully saturated rings. The van der Waals surface area contributed by atoms with E-state index in [0.717, 1.165) is 71.6 Å². The number of carbonyl (C=O) groups excluding carboxylic acids is 2. The van der Waals surface area contributed by atoms with Crippen molar-refractivity contribution in [1.29, 1.82) is 0 Å². The third kappa shape index (κ3) is 243. The number of nitrogens with zero attached hydrogens (tertiary/aromatic N) is 13. The van der Waals surface area contributed by atoms with E-state index >= 15 is 0 Å². The molecule has 30 nitrogen and oxygen atoms in total. The highest BCUT2D eigenvalue weighted by molar-refractivity contribution is 7.07. The molecule has 20 heterocycles. The van der Waals surface area contributed by atoms with Gasteiger partial charge in [0.15, 0.2) is 6.39 Å². The number of hydrogen-bond acceptors (Lipinski definition) is 26. The molecule has 0 saturated carbocycles. The number of rotatable bonds is 0. The number of furan rings is 1. The predicted octanol–water partition coefficient (Wildman–Crippen LogP) is 34.5. The summed E-state index contributed by atoms with van der Waals surface area (Å²) in [5.41, 5.74) is 1.74. The van der Waals surface area contributed by atoms with Gasteiger partial charge in [-0.25, -0.2) is 24.3 Å². The fraction of sp³-hybridized carbons (Fsp3) is 0.556. The monoisotopic (exact) mass is 2170 g/mol. The van der Waals surface area contributed by atoms with Crippen LogP contribution in [0.3, 0.4) is 0 Å². The molecule has 0 unspecified atom stereocenters. The third-order valence-electron chi connectivity index (χ3n) is 12.2. The van der Waals surface area contributed by atoms with Gasteiger partial charge in [0, 0.05) is 162 Å². The average Bonchev–Trinajstić information content (AvgIpc) is 1.08. The van der Waals surface area contributed by atoms with Crippen LogP contribution in [0.4, 0.5) is 0 Å². The van der Waals surface area contributed by atoms with Gasteiger partial charge in [-0.2, -0.15) is 42.0 Å². The van der Waals surface area contributed by atoms with Crippen molar-refractivity contribution in [2.75, 3.05) is 65.7 Å². The first-order valence-electron chi connectivity index (χ1n) is 55.7. The highest BCUT2D eigenvalue weighted by atomic mass is 32.1. The molecular formula is C117H228N22O8S3. The van der Waals surface area contributed by atoms with Crippen LogP contribution in [0.15, 0.2) is 316 Å². The first-order valence-corrected chi connectivity index (χ1v) is 58.4. The van der Waals surface area contributed by atoms with Gasteiger partial charge in [-0.15, -0.1) is 11.3 Å². The van der Waals surface area contributed by atoms with Gasteiger partial charge in [0.05, 0.1) is 49.2 Å². The number of thiophene rings is 1. The van der Waals surface area contributed by atoms with Crippen molar-refractivity contribution in [3.63, 3.8) is 0 Å². The van der Waals surface area contributed by atoms with E-state index in [-0.39, 0.29) is 17.4 Å². The van der Waals surface area contributed by atoms with E-state index in [2.05, 4.69) is 125 Å². The lowest BCUT2D eigenvalue weighted by Crippen LogP contribution is -2.28. The first kappa shape index (κ1) is 187. The Morgan fingerprint density at radius 3 is 0.893 bits per heavy atom. The summed E-state index contributed by atoms with van der Waals surface area (Å²) >= 11 is 4.78. The minimum atomic E-state index is -0.0532. The largest absolute Gasteiger partial charge is 0.473 e. The lowest BCUT2D eigenvalue weighted by molar-refractivity contribution is -0.122. The van der Waals surface area contributed by atoms with E-state index < -0.39 is 0 Å². The van der Waals surface area contributed by atoms with Gasteiger partial charge in [-0.3, -0.25) is 29.5 Å². The van der Waals surface area contributed by atoms with Crippen LogP contribution in [-0.2, 0) is 19.1 Å². The second kappa shape index (κ2) is 249. The molecule has 0 aliphatic carbocycles. The van der Waals surface area contributed by atoms with E-state index in [0.29, 0.717) is 0 Å². The molecule has 0 radical (unpaired) electrons. The van der Waals surface area contributed by atoms with E-state index in [9.17, 15) is 14.4 Å². The van der Waals surface area contributed by atoms with Gasteiger partial charge >= 0.3 is 0 Å². The van der Waals surface area contributed by atoms with E-state index in [4.69, 9.17) is 9.47 Å². The maximum atomic E-state index is 10.4. The smallest absolute Gasteiger partial charge is 0.247 e. The van der Waals surface area contributed by atoms with Crippen LogP contribution in [0.2, 0.25) is 0 Å². The molecule has 0 bridgehead atoms. The highest BCUT2D eigenvalue weighted by Gasteiger charge is 2.06. The Hall–Kier alpha value is -11.5. The molecule has 6 aliphatic rings. The fourth-order valence-electron chi connectivity index (χ4n) is 7.14. The van der Waals surface area contributed by atoms with Gasteiger partial charge in [0.25, 0.3) is 0 Å². The Bertz CT molecular complexity index is 2810. The first-order chi connectivity index (χ1) is 74.7. The summed E-state index contributed by atoms with van der Waals surface area (Å²) in [6.45, 7) is 90.8. The summed E-state index contributed by atoms with van der Waals surface area (Å²) < 4.78 is 27.2. The zero-order chi connectivity index (χ0) is 118. The summed E-state index contributed by atoms with van der Waals surface area (Å²) in [4.78, 5) is 60.9. The number of aromatic amines is 5. The van der Waals surface area contributed by atoms with Crippen molar-refractivity contribution in [2.24, 2.45) is 0 Å². The average molecular weight is 2170 g/mol. The molecular weight excluding hydrogens is 1940 g/mol. The molecule has 0 atom stereocenters. The summed E-state index contributed by atoms with van der Waals surface area (Å²) in [7, 11) is 0. The second-order valence-electron chi connectivity index (χ2n) is 21.0. The number of pyridine rings is 2. The zero-order valence-corrected chi connectivity index (χ0v) is 105. The van der Waals surface area contributed by atoms with Crippen LogP contribution in [0, 0.1) is 0 Å². The molecule has 33 heteroatoms. The minimum Gasteiger partial charge on any atom is -0.473 e. The predicted molar refractivity (Wildman–Crippen MR) is 660 cm³/mol. The number of oxazole rings is 1. The molecule has 6 aliphatic heterocycles. The number of piperidine rings is 2. The van der Waals surface area contributed by atoms with Crippen molar-refractivity contribution in [3.8, 4) is 0 Å². The molecule has 0 aromatic carbocycles. The molecule has 2 amide bonds. The van der Waals surface area contributed by atoms with Crippen molar-refractivity contribution in [1.82, 2.24) is 111 Å². The number of H-pyrrole nitrogens is 5. The number of ether oxygens (including phenoxy) is 2. The quantitative estimate of drug-likeness (QED) is 0.0681. The molecule has 20 rings (SSSR count). The van der Waals surface area contributed by atoms with E-state index in [1.807, 2.05) is 390 Å². The van der Waals surface area contributed by atoms with Crippen LogP contribution < -0.4 is 26.8 Å². The molecule has 6 saturated heterocycles. The SMILES string of the molecule is C1CCNC1.C1CCNCC1.C1CCOC1.C1CCOCC1.CC.CC.CC.CC.CC.CC.CC.CC.CC.CC.CC.CC.CC.CC.CC.CC.CC.CC.CC.CC.O=C1CCCCN1.O=C1CCCN1.O=c1cccc[nH]1.c1c[nH]cn1.c1cc[nH]c1.c1ccncc1.c1ccnnc1.c1ccoc1.c1ccsc1.c1cn[nH]c1.c1cn[nH]n1.c1cncnc1.c1cnoc1.c1cnsc1.c1cocn1.c1cscn1. The summed E-state index contributed by atoms with van der Waals surface area (Å²) in [5.74, 6) is 0.418. The zero-order valence-electron chi connectivity index (χ0n) is 102. The summed E-state index contributed by atoms with van der Waals surface area (Å²) in [6, 6.07) is 33.1. The fourth-order valence-corrected chi connectivity index (χ4v) is 8.30. The number of nitrogens with one attached hydrogen (secondary N) is 9. The normalized spacial score (nSPS) is 10.2. The Labute approximate surface area is 931 Å². The number of imidazole rings is 1. The molecule has 150 heavy (non-hydrogen) atoms. The van der Waals surface area contributed by atoms with Crippen molar-refractivity contribution in [3.05, 3.63) is 308 Å². The molecule has 14 aromatic heterocycles. The molecule has 14 aromatic rings. The van der Waals surface area contributed by atoms with E-state index in [1.54, 1.807) is 177 Å². The highest BCUT2D eigenvalue weighted by Crippen LogP contribution is 2.03. The van der Waals surface area contributed by atoms with Gasteiger partial charge in [0.1, 0.15) is 18.9 Å². The van der Waals surface area contributed by atoms with Crippen LogP contribution in [0.25, 0.3) is 0 Å². The Kier molecular flexibility index (Phi) is 309. The maximum absolute atomic E-state index is 10.4. The topological polar surface area (TPSA) is 404 Å². The van der Waals surface area contributed by atoms with Crippen molar-refractivity contribution < 1.29 is 32.4 Å². The Morgan fingerprint density at radius 1 is 0.287 bits per heavy atom. The second-order valence-corrected chi connectivity index (χ2v) is 23.2. The van der Waals surface area contributed by atoms with E-state index in [1.165, 1.54) is 133 Å². The van der Waals surface area contributed by atoms with Crippen molar-refractivity contribution in [2.45, 2.75) is 373 Å². The number of aromatic nitrogens is 18. The number of hydrogen-bond donors (Lipinski definition) is 9. The van der Waals surface area contributed by atoms with Gasteiger partial charge in [0.2, 0.25) is 17.4 Å². The van der Waals surface area contributed by atoms with Gasteiger partial charge < -0.3 is 59.1 Å². The Balaban J connectivity index is -0.0000000648. The molecule has 9 N–H and O–H groups in total. The number of amides is 2. The Morgan fingerprint density at radius 2 is 0.747 bits per heavy atom.